The summed E-state index contributed by atoms with van der Waals surface area (Å²) in [7, 11) is 3.31. The molecule has 0 atom stereocenters. The molecule has 0 saturated carbocycles. The molecule has 2 heterocycles. The number of ether oxygens (including phenoxy) is 2. The van der Waals surface area contributed by atoms with E-state index in [4.69, 9.17) is 9.47 Å². The smallest absolute Gasteiger partial charge is 0.161 e. The fourth-order valence-corrected chi connectivity index (χ4v) is 3.91. The number of piperazine rings is 1. The summed E-state index contributed by atoms with van der Waals surface area (Å²) in [6.07, 6.45) is 1.73. The third kappa shape index (κ3) is 4.33. The molecule has 4 rings (SSSR count). The van der Waals surface area contributed by atoms with Crippen LogP contribution in [0.1, 0.15) is 11.1 Å². The van der Waals surface area contributed by atoms with Gasteiger partial charge in [-0.05, 0) is 41.5 Å². The van der Waals surface area contributed by atoms with Crippen LogP contribution in [0.15, 0.2) is 48.7 Å². The van der Waals surface area contributed by atoms with Crippen molar-refractivity contribution in [3.8, 4) is 11.5 Å². The third-order valence-electron chi connectivity index (χ3n) is 5.51. The molecule has 5 nitrogen and oxygen atoms in total. The lowest BCUT2D eigenvalue weighted by molar-refractivity contribution is 0.122. The van der Waals surface area contributed by atoms with Gasteiger partial charge in [-0.15, -0.1) is 0 Å². The van der Waals surface area contributed by atoms with Gasteiger partial charge in [-0.25, -0.2) is 4.39 Å². The first-order valence-electron chi connectivity index (χ1n) is 9.85. The fraction of sp³-hybridized carbons (Fsp3) is 0.348. The predicted octanol–water partition coefficient (Wildman–Crippen LogP) is 3.71. The molecule has 1 fully saturated rings. The molecule has 0 unspecified atom stereocenters. The minimum Gasteiger partial charge on any atom is -0.493 e. The average molecular weight is 395 g/mol. The molecule has 0 N–H and O–H groups in total. The molecule has 0 amide bonds. The number of rotatable bonds is 6. The summed E-state index contributed by atoms with van der Waals surface area (Å²) in [6.45, 7) is 5.59. The van der Waals surface area contributed by atoms with Gasteiger partial charge in [0.25, 0.3) is 0 Å². The number of halogens is 1. The Balaban J connectivity index is 1.37. The number of fused-ring (bicyclic) bond motifs is 1. The molecule has 1 aliphatic rings. The first kappa shape index (κ1) is 19.6. The fourth-order valence-electron chi connectivity index (χ4n) is 3.91. The van der Waals surface area contributed by atoms with Gasteiger partial charge in [0.15, 0.2) is 11.5 Å². The van der Waals surface area contributed by atoms with Gasteiger partial charge < -0.3 is 9.47 Å². The second-order valence-corrected chi connectivity index (χ2v) is 7.35. The molecule has 0 spiro atoms. The number of methoxy groups -OCH3 is 2. The van der Waals surface area contributed by atoms with Crippen LogP contribution in [-0.2, 0) is 13.1 Å². The first-order valence-corrected chi connectivity index (χ1v) is 9.85. The number of hydrogen-bond donors (Lipinski definition) is 0. The van der Waals surface area contributed by atoms with E-state index in [2.05, 4.69) is 20.9 Å². The zero-order chi connectivity index (χ0) is 20.2. The maximum absolute atomic E-state index is 14.0. The summed E-state index contributed by atoms with van der Waals surface area (Å²) in [5.41, 5.74) is 3.06. The molecule has 1 aliphatic heterocycles. The van der Waals surface area contributed by atoms with E-state index >= 15 is 0 Å². The lowest BCUT2D eigenvalue weighted by Crippen LogP contribution is -2.45. The Morgan fingerprint density at radius 3 is 2.34 bits per heavy atom. The van der Waals surface area contributed by atoms with Crippen molar-refractivity contribution in [2.24, 2.45) is 0 Å². The second kappa shape index (κ2) is 8.76. The molecule has 0 radical (unpaired) electrons. The zero-order valence-corrected chi connectivity index (χ0v) is 16.9. The highest BCUT2D eigenvalue weighted by atomic mass is 19.1. The van der Waals surface area contributed by atoms with Crippen LogP contribution in [0.2, 0.25) is 0 Å². The molecular weight excluding hydrogens is 369 g/mol. The summed E-state index contributed by atoms with van der Waals surface area (Å²) < 4.78 is 24.8. The van der Waals surface area contributed by atoms with Crippen molar-refractivity contribution in [2.45, 2.75) is 13.1 Å². The van der Waals surface area contributed by atoms with Crippen LogP contribution in [0.3, 0.4) is 0 Å². The van der Waals surface area contributed by atoms with Crippen LogP contribution in [0, 0.1) is 5.82 Å². The lowest BCUT2D eigenvalue weighted by atomic mass is 10.1. The van der Waals surface area contributed by atoms with Gasteiger partial charge in [-0.1, -0.05) is 12.1 Å². The van der Waals surface area contributed by atoms with Crippen LogP contribution < -0.4 is 9.47 Å². The van der Waals surface area contributed by atoms with Gasteiger partial charge in [-0.2, -0.15) is 0 Å². The van der Waals surface area contributed by atoms with Crippen molar-refractivity contribution in [1.82, 2.24) is 14.8 Å². The Morgan fingerprint density at radius 1 is 0.897 bits per heavy atom. The molecule has 29 heavy (non-hydrogen) atoms. The van der Waals surface area contributed by atoms with E-state index in [-0.39, 0.29) is 5.82 Å². The number of benzene rings is 2. The van der Waals surface area contributed by atoms with Gasteiger partial charge in [0.1, 0.15) is 5.82 Å². The summed E-state index contributed by atoms with van der Waals surface area (Å²) in [6, 6.07) is 13.1. The van der Waals surface area contributed by atoms with Crippen molar-refractivity contribution in [1.29, 1.82) is 0 Å². The number of pyridine rings is 1. The van der Waals surface area contributed by atoms with Crippen LogP contribution in [0.4, 0.5) is 4.39 Å². The molecule has 1 saturated heterocycles. The van der Waals surface area contributed by atoms with Gasteiger partial charge in [0.2, 0.25) is 0 Å². The van der Waals surface area contributed by atoms with Crippen LogP contribution >= 0.6 is 0 Å². The van der Waals surface area contributed by atoms with Crippen molar-refractivity contribution < 1.29 is 13.9 Å². The molecule has 6 heteroatoms. The second-order valence-electron chi connectivity index (χ2n) is 7.35. The van der Waals surface area contributed by atoms with Gasteiger partial charge in [0.05, 0.1) is 19.7 Å². The Labute approximate surface area is 170 Å². The normalized spacial score (nSPS) is 15.6. The largest absolute Gasteiger partial charge is 0.493 e. The summed E-state index contributed by atoms with van der Waals surface area (Å²) in [4.78, 5) is 9.26. The maximum Gasteiger partial charge on any atom is 0.161 e. The Morgan fingerprint density at radius 2 is 1.62 bits per heavy atom. The minimum atomic E-state index is -0.211. The summed E-state index contributed by atoms with van der Waals surface area (Å²) >= 11 is 0. The van der Waals surface area contributed by atoms with E-state index in [0.29, 0.717) is 5.39 Å². The average Bonchev–Trinajstić information content (AvgIpc) is 2.77. The Hall–Kier alpha value is -2.70. The van der Waals surface area contributed by atoms with E-state index in [1.54, 1.807) is 38.6 Å². The van der Waals surface area contributed by atoms with E-state index in [0.717, 1.165) is 61.8 Å². The molecule has 1 aromatic heterocycles. The molecular formula is C23H26FN3O2. The molecule has 3 aromatic rings. The Kier molecular flexibility index (Phi) is 5.92. The summed E-state index contributed by atoms with van der Waals surface area (Å²) in [5, 5.41) is 0.595. The highest BCUT2D eigenvalue weighted by Gasteiger charge is 2.19. The monoisotopic (exact) mass is 395 g/mol. The standard InChI is InChI=1S/C23H26FN3O2/c1-28-21-8-5-17(14-22(21)29-2)15-26-10-12-27(13-11-26)16-18-6-7-20(24)19-4-3-9-25-23(18)19/h3-9,14H,10-13,15-16H2,1-2H3. The predicted molar refractivity (Wildman–Crippen MR) is 112 cm³/mol. The number of nitrogens with zero attached hydrogens (tertiary/aromatic N) is 3. The summed E-state index contributed by atoms with van der Waals surface area (Å²) in [5.74, 6) is 1.30. The highest BCUT2D eigenvalue weighted by molar-refractivity contribution is 5.82. The van der Waals surface area contributed by atoms with Crippen LogP contribution in [0.25, 0.3) is 10.9 Å². The Bertz CT molecular complexity index is 987. The van der Waals surface area contributed by atoms with E-state index < -0.39 is 0 Å². The van der Waals surface area contributed by atoms with Gasteiger partial charge >= 0.3 is 0 Å². The van der Waals surface area contributed by atoms with Crippen LogP contribution in [-0.4, -0.2) is 55.2 Å². The highest BCUT2D eigenvalue weighted by Crippen LogP contribution is 2.28. The number of hydrogen-bond acceptors (Lipinski definition) is 5. The van der Waals surface area contributed by atoms with Crippen molar-refractivity contribution in [3.05, 3.63) is 65.6 Å². The van der Waals surface area contributed by atoms with Crippen molar-refractivity contribution in [2.75, 3.05) is 40.4 Å². The molecule has 0 aliphatic carbocycles. The maximum atomic E-state index is 14.0. The minimum absolute atomic E-state index is 0.211. The topological polar surface area (TPSA) is 37.8 Å². The van der Waals surface area contributed by atoms with Crippen molar-refractivity contribution >= 4 is 10.9 Å². The molecule has 2 aromatic carbocycles. The quantitative estimate of drug-likeness (QED) is 0.636. The van der Waals surface area contributed by atoms with Gasteiger partial charge in [-0.3, -0.25) is 14.8 Å². The lowest BCUT2D eigenvalue weighted by Gasteiger charge is -2.35. The first-order chi connectivity index (χ1) is 14.2. The SMILES string of the molecule is COc1ccc(CN2CCN(Cc3ccc(F)c4cccnc34)CC2)cc1OC. The van der Waals surface area contributed by atoms with Gasteiger partial charge in [0, 0.05) is 50.9 Å². The number of aromatic nitrogens is 1. The molecule has 0 bridgehead atoms. The van der Waals surface area contributed by atoms with Crippen molar-refractivity contribution in [3.63, 3.8) is 0 Å². The van der Waals surface area contributed by atoms with E-state index in [1.807, 2.05) is 18.2 Å². The van der Waals surface area contributed by atoms with Crippen LogP contribution in [0.5, 0.6) is 11.5 Å². The van der Waals surface area contributed by atoms with E-state index in [1.165, 1.54) is 5.56 Å². The molecule has 152 valence electrons. The zero-order valence-electron chi connectivity index (χ0n) is 16.9. The van der Waals surface area contributed by atoms with E-state index in [9.17, 15) is 4.39 Å². The third-order valence-corrected chi connectivity index (χ3v) is 5.51.